The maximum atomic E-state index is 12.6. The van der Waals surface area contributed by atoms with E-state index in [1.807, 2.05) is 24.3 Å². The molecule has 0 spiro atoms. The molecule has 166 valence electrons. The lowest BCUT2D eigenvalue weighted by Crippen LogP contribution is -2.55. The number of phenolic OH excluding ortho intramolecular Hbond substituents is 1. The number of nitrogens with one attached hydrogen (secondary N) is 1. The molecule has 9 heteroatoms. The van der Waals surface area contributed by atoms with Gasteiger partial charge in [0.05, 0.1) is 6.04 Å². The molecule has 0 unspecified atom stereocenters. The van der Waals surface area contributed by atoms with Gasteiger partial charge in [-0.3, -0.25) is 9.59 Å². The van der Waals surface area contributed by atoms with Gasteiger partial charge in [-0.2, -0.15) is 0 Å². The molecule has 0 aliphatic carbocycles. The van der Waals surface area contributed by atoms with Crippen LogP contribution in [0, 0.1) is 0 Å². The molecule has 1 heterocycles. The van der Waals surface area contributed by atoms with Crippen molar-refractivity contribution in [3.63, 3.8) is 0 Å². The van der Waals surface area contributed by atoms with E-state index < -0.39 is 30.1 Å². The minimum atomic E-state index is -1.86. The minimum absolute atomic E-state index is 0.183. The van der Waals surface area contributed by atoms with Crippen molar-refractivity contribution in [2.75, 3.05) is 31.1 Å². The number of rotatable bonds is 6. The van der Waals surface area contributed by atoms with Crippen LogP contribution in [0.15, 0.2) is 53.0 Å². The van der Waals surface area contributed by atoms with E-state index in [1.165, 1.54) is 4.90 Å². The Morgan fingerprint density at radius 3 is 2.10 bits per heavy atom. The summed E-state index contributed by atoms with van der Waals surface area (Å²) in [5.41, 5.74) is 1.75. The first-order chi connectivity index (χ1) is 14.8. The Kier molecular flexibility index (Phi) is 7.53. The number of hydrogen-bond acceptors (Lipinski definition) is 6. The number of anilines is 1. The van der Waals surface area contributed by atoms with E-state index >= 15 is 0 Å². The first-order valence-corrected chi connectivity index (χ1v) is 10.8. The zero-order valence-electron chi connectivity index (χ0n) is 17.1. The Morgan fingerprint density at radius 1 is 0.935 bits per heavy atom. The maximum Gasteiger partial charge on any atom is 0.254 e. The summed E-state index contributed by atoms with van der Waals surface area (Å²) in [5.74, 6) is -1.30. The van der Waals surface area contributed by atoms with Crippen LogP contribution in [0.5, 0.6) is 5.75 Å². The SMILES string of the molecule is C[C@H](NC(=O)[C@H](O)[C@@H](O)C(=O)N1CCN(c2ccc(O)cc2)CC1)c1ccc(Br)cc1. The second-order valence-electron chi connectivity index (χ2n) is 7.50. The van der Waals surface area contributed by atoms with Gasteiger partial charge in [0.15, 0.2) is 12.2 Å². The average Bonchev–Trinajstić information content (AvgIpc) is 2.78. The first kappa shape index (κ1) is 23.1. The quantitative estimate of drug-likeness (QED) is 0.485. The number of carbonyl (C=O) groups excluding carboxylic acids is 2. The molecule has 1 aliphatic rings. The van der Waals surface area contributed by atoms with Gasteiger partial charge in [-0.25, -0.2) is 0 Å². The Morgan fingerprint density at radius 2 is 1.52 bits per heavy atom. The van der Waals surface area contributed by atoms with Gasteiger partial charge in [-0.15, -0.1) is 0 Å². The fraction of sp³-hybridized carbons (Fsp3) is 0.364. The van der Waals surface area contributed by atoms with Crippen LogP contribution >= 0.6 is 15.9 Å². The number of halogens is 1. The summed E-state index contributed by atoms with van der Waals surface area (Å²) in [7, 11) is 0. The molecule has 0 aromatic heterocycles. The molecule has 3 atom stereocenters. The van der Waals surface area contributed by atoms with E-state index in [9.17, 15) is 24.9 Å². The van der Waals surface area contributed by atoms with Crippen LogP contribution in [0.3, 0.4) is 0 Å². The number of nitrogens with zero attached hydrogens (tertiary/aromatic N) is 2. The molecular weight excluding hydrogens is 466 g/mol. The van der Waals surface area contributed by atoms with Gasteiger partial charge in [-0.05, 0) is 48.9 Å². The molecule has 0 saturated carbocycles. The molecule has 1 aliphatic heterocycles. The Bertz CT molecular complexity index is 898. The number of piperazine rings is 1. The molecule has 0 radical (unpaired) electrons. The van der Waals surface area contributed by atoms with Gasteiger partial charge >= 0.3 is 0 Å². The Balaban J connectivity index is 1.52. The summed E-state index contributed by atoms with van der Waals surface area (Å²) in [4.78, 5) is 28.5. The zero-order valence-corrected chi connectivity index (χ0v) is 18.7. The van der Waals surface area contributed by atoms with Crippen molar-refractivity contribution in [2.45, 2.75) is 25.2 Å². The third-order valence-corrected chi connectivity index (χ3v) is 5.88. The third kappa shape index (κ3) is 5.75. The van der Waals surface area contributed by atoms with Crippen LogP contribution in [-0.4, -0.2) is 70.4 Å². The van der Waals surface area contributed by atoms with Crippen molar-refractivity contribution in [3.8, 4) is 5.75 Å². The molecule has 2 amide bonds. The van der Waals surface area contributed by atoms with Gasteiger partial charge in [0.1, 0.15) is 5.75 Å². The first-order valence-electron chi connectivity index (χ1n) is 10.0. The van der Waals surface area contributed by atoms with Crippen LogP contribution in [0.4, 0.5) is 5.69 Å². The smallest absolute Gasteiger partial charge is 0.254 e. The maximum absolute atomic E-state index is 12.6. The van der Waals surface area contributed by atoms with E-state index in [0.717, 1.165) is 15.7 Å². The normalized spacial score (nSPS) is 17.0. The number of amides is 2. The third-order valence-electron chi connectivity index (χ3n) is 5.36. The highest BCUT2D eigenvalue weighted by Gasteiger charge is 2.35. The van der Waals surface area contributed by atoms with E-state index in [4.69, 9.17) is 0 Å². The van der Waals surface area contributed by atoms with Gasteiger partial charge in [-0.1, -0.05) is 28.1 Å². The van der Waals surface area contributed by atoms with E-state index in [1.54, 1.807) is 31.2 Å². The standard InChI is InChI=1S/C22H26BrN3O5/c1-14(15-2-4-16(23)5-3-15)24-21(30)19(28)20(29)22(31)26-12-10-25(11-13-26)17-6-8-18(27)9-7-17/h2-9,14,19-20,27-29H,10-13H2,1H3,(H,24,30)/t14-,19+,20+/m0/s1. The average molecular weight is 492 g/mol. The minimum Gasteiger partial charge on any atom is -0.508 e. The highest BCUT2D eigenvalue weighted by molar-refractivity contribution is 9.10. The summed E-state index contributed by atoms with van der Waals surface area (Å²) in [6, 6.07) is 13.7. The number of carbonyl (C=O) groups is 2. The van der Waals surface area contributed by atoms with Crippen molar-refractivity contribution in [3.05, 3.63) is 58.6 Å². The number of aromatic hydroxyl groups is 1. The second kappa shape index (κ2) is 10.1. The predicted octanol–water partition coefficient (Wildman–Crippen LogP) is 1.40. The topological polar surface area (TPSA) is 113 Å². The number of benzene rings is 2. The van der Waals surface area contributed by atoms with Crippen molar-refractivity contribution in [2.24, 2.45) is 0 Å². The largest absolute Gasteiger partial charge is 0.508 e. The lowest BCUT2D eigenvalue weighted by atomic mass is 10.1. The van der Waals surface area contributed by atoms with Gasteiger partial charge in [0, 0.05) is 36.3 Å². The molecule has 1 saturated heterocycles. The number of aliphatic hydroxyl groups is 2. The summed E-state index contributed by atoms with van der Waals surface area (Å²) in [6.07, 6.45) is -3.70. The fourth-order valence-corrected chi connectivity index (χ4v) is 3.71. The molecule has 3 rings (SSSR count). The van der Waals surface area contributed by atoms with Gasteiger partial charge in [0.2, 0.25) is 0 Å². The Labute approximate surface area is 189 Å². The second-order valence-corrected chi connectivity index (χ2v) is 8.42. The van der Waals surface area contributed by atoms with Crippen LogP contribution in [0.1, 0.15) is 18.5 Å². The lowest BCUT2D eigenvalue weighted by Gasteiger charge is -2.37. The summed E-state index contributed by atoms with van der Waals surface area (Å²) < 4.78 is 0.904. The van der Waals surface area contributed by atoms with Gasteiger partial charge < -0.3 is 30.4 Å². The fourth-order valence-electron chi connectivity index (χ4n) is 3.45. The summed E-state index contributed by atoms with van der Waals surface area (Å²) in [6.45, 7) is 3.52. The van der Waals surface area contributed by atoms with Crippen molar-refractivity contribution >= 4 is 33.4 Å². The number of hydrogen-bond donors (Lipinski definition) is 4. The van der Waals surface area contributed by atoms with Crippen molar-refractivity contribution in [1.29, 1.82) is 0 Å². The zero-order chi connectivity index (χ0) is 22.5. The molecule has 2 aromatic rings. The number of aliphatic hydroxyl groups excluding tert-OH is 2. The van der Waals surface area contributed by atoms with Crippen LogP contribution in [0.2, 0.25) is 0 Å². The van der Waals surface area contributed by atoms with Crippen molar-refractivity contribution in [1.82, 2.24) is 10.2 Å². The molecule has 1 fully saturated rings. The monoisotopic (exact) mass is 491 g/mol. The Hall–Kier alpha value is -2.62. The van der Waals surface area contributed by atoms with E-state index in [-0.39, 0.29) is 5.75 Å². The molecular formula is C22H26BrN3O5. The van der Waals surface area contributed by atoms with Crippen LogP contribution < -0.4 is 10.2 Å². The molecule has 8 nitrogen and oxygen atoms in total. The molecule has 2 aromatic carbocycles. The van der Waals surface area contributed by atoms with E-state index in [0.29, 0.717) is 26.2 Å². The summed E-state index contributed by atoms with van der Waals surface area (Å²) in [5, 5.41) is 32.5. The molecule has 0 bridgehead atoms. The highest BCUT2D eigenvalue weighted by Crippen LogP contribution is 2.20. The van der Waals surface area contributed by atoms with Gasteiger partial charge in [0.25, 0.3) is 11.8 Å². The van der Waals surface area contributed by atoms with Crippen LogP contribution in [-0.2, 0) is 9.59 Å². The summed E-state index contributed by atoms with van der Waals surface area (Å²) >= 11 is 3.35. The predicted molar refractivity (Wildman–Crippen MR) is 120 cm³/mol. The lowest BCUT2D eigenvalue weighted by molar-refractivity contribution is -0.153. The molecule has 31 heavy (non-hydrogen) atoms. The molecule has 4 N–H and O–H groups in total. The van der Waals surface area contributed by atoms with Crippen molar-refractivity contribution < 1.29 is 24.9 Å². The number of phenols is 1. The van der Waals surface area contributed by atoms with Crippen LogP contribution in [0.25, 0.3) is 0 Å². The van der Waals surface area contributed by atoms with E-state index in [2.05, 4.69) is 26.1 Å². The highest BCUT2D eigenvalue weighted by atomic mass is 79.9.